The molecular weight excluding hydrogens is 632 g/mol. The van der Waals surface area contributed by atoms with Gasteiger partial charge in [-0.3, -0.25) is 9.59 Å². The number of aliphatic hydroxyl groups excluding tert-OH is 2. The van der Waals surface area contributed by atoms with Gasteiger partial charge in [0.1, 0.15) is 23.9 Å². The van der Waals surface area contributed by atoms with Gasteiger partial charge < -0.3 is 33.6 Å². The molecule has 6 rings (SSSR count). The summed E-state index contributed by atoms with van der Waals surface area (Å²) in [6.07, 6.45) is 1.72. The summed E-state index contributed by atoms with van der Waals surface area (Å²) in [4.78, 5) is 53.6. The summed E-state index contributed by atoms with van der Waals surface area (Å²) in [6.45, 7) is 17.2. The molecule has 4 aliphatic carbocycles. The third-order valence-electron chi connectivity index (χ3n) is 14.0. The van der Waals surface area contributed by atoms with Gasteiger partial charge in [0, 0.05) is 28.1 Å². The van der Waals surface area contributed by atoms with E-state index in [2.05, 4.69) is 0 Å². The van der Waals surface area contributed by atoms with Crippen LogP contribution in [0, 0.1) is 45.3 Å². The Kier molecular flexibility index (Phi) is 8.60. The third-order valence-corrected chi connectivity index (χ3v) is 14.0. The number of epoxide rings is 1. The Labute approximate surface area is 288 Å². The number of fused-ring (bicyclic) bond motifs is 3. The Morgan fingerprint density at radius 1 is 1.02 bits per heavy atom. The van der Waals surface area contributed by atoms with E-state index in [1.54, 1.807) is 39.4 Å². The minimum atomic E-state index is -1.42. The molecule has 0 aromatic carbocycles. The lowest BCUT2D eigenvalue weighted by Gasteiger charge is -2.70. The van der Waals surface area contributed by atoms with Crippen LogP contribution in [0.5, 0.6) is 0 Å². The van der Waals surface area contributed by atoms with Crippen LogP contribution in [0.2, 0.25) is 0 Å². The van der Waals surface area contributed by atoms with E-state index in [1.807, 2.05) is 53.7 Å². The van der Waals surface area contributed by atoms with Crippen LogP contribution in [-0.2, 0) is 38.1 Å². The van der Waals surface area contributed by atoms with Crippen LogP contribution in [0.15, 0.2) is 35.2 Å². The molecule has 3 saturated carbocycles. The van der Waals surface area contributed by atoms with Gasteiger partial charge in [0.2, 0.25) is 0 Å². The average molecular weight is 685 g/mol. The van der Waals surface area contributed by atoms with Gasteiger partial charge in [0.15, 0.2) is 18.0 Å². The number of furan rings is 1. The van der Waals surface area contributed by atoms with Crippen molar-refractivity contribution >= 4 is 24.2 Å². The Bertz CT molecular complexity index is 1510. The molecular formula is C38H52O11. The minimum absolute atomic E-state index is 0.0846. The summed E-state index contributed by atoms with van der Waals surface area (Å²) < 4.78 is 31.3. The second-order valence-corrected chi connectivity index (χ2v) is 16.8. The van der Waals surface area contributed by atoms with Crippen LogP contribution in [0.1, 0.15) is 93.1 Å². The fourth-order valence-corrected chi connectivity index (χ4v) is 11.1. The summed E-state index contributed by atoms with van der Waals surface area (Å²) in [7, 11) is 0. The highest BCUT2D eigenvalue weighted by atomic mass is 16.6. The van der Waals surface area contributed by atoms with Gasteiger partial charge in [0.25, 0.3) is 6.47 Å². The van der Waals surface area contributed by atoms with Gasteiger partial charge in [-0.15, -0.1) is 0 Å². The Balaban J connectivity index is 1.61. The van der Waals surface area contributed by atoms with Crippen LogP contribution in [-0.4, -0.2) is 76.6 Å². The maximum Gasteiger partial charge on any atom is 0.335 e. The minimum Gasteiger partial charge on any atom is -0.472 e. The maximum absolute atomic E-state index is 13.9. The van der Waals surface area contributed by atoms with Crippen molar-refractivity contribution in [3.63, 3.8) is 0 Å². The molecule has 0 radical (unpaired) electrons. The molecule has 1 aromatic heterocycles. The molecule has 2 N–H and O–H groups in total. The quantitative estimate of drug-likeness (QED) is 0.154. The molecule has 14 atom stereocenters. The van der Waals surface area contributed by atoms with Crippen LogP contribution >= 0.6 is 0 Å². The van der Waals surface area contributed by atoms with Crippen molar-refractivity contribution < 1.29 is 52.8 Å². The first kappa shape index (κ1) is 35.8. The Morgan fingerprint density at radius 3 is 2.29 bits per heavy atom. The van der Waals surface area contributed by atoms with E-state index in [9.17, 15) is 29.4 Å². The predicted octanol–water partition coefficient (Wildman–Crippen LogP) is 4.53. The number of rotatable bonds is 10. The fourth-order valence-electron chi connectivity index (χ4n) is 11.1. The number of esters is 2. The summed E-state index contributed by atoms with van der Waals surface area (Å²) in [5.74, 6) is -3.92. The number of carbonyl (C=O) groups excluding carboxylic acids is 4. The summed E-state index contributed by atoms with van der Waals surface area (Å²) in [5.41, 5.74) is -4.16. The van der Waals surface area contributed by atoms with E-state index in [1.165, 1.54) is 0 Å². The number of aliphatic hydroxyl groups is 2. The molecule has 0 bridgehead atoms. The molecule has 11 heteroatoms. The van der Waals surface area contributed by atoms with Crippen molar-refractivity contribution in [3.8, 4) is 0 Å². The zero-order chi connectivity index (χ0) is 36.1. The van der Waals surface area contributed by atoms with E-state index in [0.29, 0.717) is 19.3 Å². The van der Waals surface area contributed by atoms with Gasteiger partial charge in [-0.05, 0) is 53.7 Å². The smallest absolute Gasteiger partial charge is 0.335 e. The van der Waals surface area contributed by atoms with Crippen molar-refractivity contribution in [2.24, 2.45) is 45.3 Å². The monoisotopic (exact) mass is 684 g/mol. The number of hydrogen-bond donors (Lipinski definition) is 2. The lowest BCUT2D eigenvalue weighted by atomic mass is 9.35. The molecule has 5 aliphatic rings. The van der Waals surface area contributed by atoms with Gasteiger partial charge in [0.05, 0.1) is 18.6 Å². The Hall–Kier alpha value is -3.02. The molecule has 4 fully saturated rings. The first-order valence-electron chi connectivity index (χ1n) is 17.7. The van der Waals surface area contributed by atoms with Crippen LogP contribution in [0.3, 0.4) is 0 Å². The number of ether oxygens (including phenoxy) is 4. The summed E-state index contributed by atoms with van der Waals surface area (Å²) in [6, 6.07) is 1.86. The molecule has 1 saturated heterocycles. The summed E-state index contributed by atoms with van der Waals surface area (Å²) >= 11 is 0. The topological polar surface area (TPSA) is 162 Å². The standard InChI is InChI=1S/C38H52O11/c1-10-20(4)28(42)33(44)48-31-29(46-18-39)30-35(7)13-11-24(40)34(5,6)23(35)16-25(47-32(43)27(41)19(2)3)37(30,9)38-26(49-38)15-22(36(31,38)8)21-12-14-45-17-21/h11-14,17-20,22-23,25-31,41-42H,10,15-16H2,1-9H3. The van der Waals surface area contributed by atoms with E-state index < -0.39 is 93.4 Å². The number of carbonyl (C=O) groups is 4. The average Bonchev–Trinajstić information content (AvgIpc) is 3.41. The molecule has 1 aromatic rings. The van der Waals surface area contributed by atoms with Crippen molar-refractivity contribution in [2.45, 2.75) is 130 Å². The maximum atomic E-state index is 13.9. The number of allylic oxidation sites excluding steroid dienone is 2. The highest BCUT2D eigenvalue weighted by Gasteiger charge is 2.91. The van der Waals surface area contributed by atoms with Crippen molar-refractivity contribution in [2.75, 3.05) is 0 Å². The van der Waals surface area contributed by atoms with Crippen LogP contribution < -0.4 is 0 Å². The van der Waals surface area contributed by atoms with Crippen molar-refractivity contribution in [1.29, 1.82) is 0 Å². The van der Waals surface area contributed by atoms with Crippen LogP contribution in [0.4, 0.5) is 0 Å². The molecule has 11 nitrogen and oxygen atoms in total. The first-order chi connectivity index (χ1) is 22.9. The molecule has 14 unspecified atom stereocenters. The zero-order valence-electron chi connectivity index (χ0n) is 30.0. The SMILES string of the molecule is CCC(C)C(O)C(=O)OC1C(OC=O)C2C3(C)C=CC(=O)C(C)(C)C3CC(OC(=O)C(O)C(C)C)C2(C)C23OC2CC(c2ccoc2)C13C. The van der Waals surface area contributed by atoms with Crippen LogP contribution in [0.25, 0.3) is 0 Å². The highest BCUT2D eigenvalue weighted by Crippen LogP contribution is 2.83. The molecule has 0 amide bonds. The Morgan fingerprint density at radius 2 is 1.69 bits per heavy atom. The molecule has 2 heterocycles. The largest absolute Gasteiger partial charge is 0.472 e. The highest BCUT2D eigenvalue weighted by molar-refractivity contribution is 5.95. The number of hydrogen-bond acceptors (Lipinski definition) is 11. The lowest BCUT2D eigenvalue weighted by molar-refractivity contribution is -0.297. The molecule has 1 spiro atoms. The molecule has 1 aliphatic heterocycles. The number of ketones is 1. The van der Waals surface area contributed by atoms with E-state index in [4.69, 9.17) is 23.4 Å². The van der Waals surface area contributed by atoms with Gasteiger partial charge in [-0.2, -0.15) is 0 Å². The van der Waals surface area contributed by atoms with Gasteiger partial charge >= 0.3 is 11.9 Å². The second-order valence-electron chi connectivity index (χ2n) is 16.8. The van der Waals surface area contributed by atoms with E-state index in [0.717, 1.165) is 5.56 Å². The van der Waals surface area contributed by atoms with Gasteiger partial charge in [-0.1, -0.05) is 74.8 Å². The van der Waals surface area contributed by atoms with Crippen molar-refractivity contribution in [3.05, 3.63) is 36.3 Å². The normalized spacial score (nSPS) is 43.3. The molecule has 49 heavy (non-hydrogen) atoms. The fraction of sp³-hybridized carbons (Fsp3) is 0.737. The predicted molar refractivity (Wildman–Crippen MR) is 175 cm³/mol. The van der Waals surface area contributed by atoms with Crippen molar-refractivity contribution in [1.82, 2.24) is 0 Å². The zero-order valence-corrected chi connectivity index (χ0v) is 30.0. The third kappa shape index (κ3) is 4.63. The second kappa shape index (κ2) is 11.8. The first-order valence-corrected chi connectivity index (χ1v) is 17.7. The molecule has 270 valence electrons. The van der Waals surface area contributed by atoms with E-state index in [-0.39, 0.29) is 24.2 Å². The lowest BCUT2D eigenvalue weighted by Crippen LogP contribution is -2.78. The van der Waals surface area contributed by atoms with Gasteiger partial charge in [-0.25, -0.2) is 9.59 Å². The van der Waals surface area contributed by atoms with E-state index >= 15 is 0 Å². The summed E-state index contributed by atoms with van der Waals surface area (Å²) in [5, 5.41) is 22.0.